The van der Waals surface area contributed by atoms with E-state index in [9.17, 15) is 0 Å². The van der Waals surface area contributed by atoms with Crippen molar-refractivity contribution in [1.29, 1.82) is 0 Å². The van der Waals surface area contributed by atoms with Crippen LogP contribution in [0.25, 0.3) is 0 Å². The van der Waals surface area contributed by atoms with Gasteiger partial charge in [-0.05, 0) is 24.6 Å². The summed E-state index contributed by atoms with van der Waals surface area (Å²) in [5.74, 6) is 0. The first kappa shape index (κ1) is 11.0. The molecule has 2 N–H and O–H groups in total. The first-order valence-electron chi connectivity index (χ1n) is 5.03. The molecule has 2 aromatic rings. The summed E-state index contributed by atoms with van der Waals surface area (Å²) in [6.45, 7) is 2.14. The highest BCUT2D eigenvalue weighted by Crippen LogP contribution is 2.33. The van der Waals surface area contributed by atoms with Crippen LogP contribution < -0.4 is 5.73 Å². The highest BCUT2D eigenvalue weighted by molar-refractivity contribution is 7.99. The number of nitrogens with two attached hydrogens (primary N) is 1. The molecule has 1 atom stereocenters. The van der Waals surface area contributed by atoms with Gasteiger partial charge in [-0.15, -0.1) is 10.2 Å². The molecule has 0 fully saturated rings. The van der Waals surface area contributed by atoms with Crippen LogP contribution in [0.15, 0.2) is 35.7 Å². The molecule has 2 rings (SSSR count). The van der Waals surface area contributed by atoms with Gasteiger partial charge in [-0.1, -0.05) is 23.9 Å². The monoisotopic (exact) mass is 234 g/mol. The van der Waals surface area contributed by atoms with E-state index >= 15 is 0 Å². The van der Waals surface area contributed by atoms with E-state index in [2.05, 4.69) is 17.1 Å². The van der Waals surface area contributed by atoms with E-state index in [0.29, 0.717) is 5.25 Å². The standard InChI is InChI=1S/C11H14N4S/c1-8(9-3-5-10(12)6-4-9)16-11-14-13-7-15(11)2/h3-8H,12H2,1-2H3. The first-order valence-corrected chi connectivity index (χ1v) is 5.91. The Labute approximate surface area is 98.9 Å². The number of aryl methyl sites for hydroxylation is 1. The molecule has 1 aromatic carbocycles. The molecule has 0 aliphatic rings. The van der Waals surface area contributed by atoms with Gasteiger partial charge in [0.2, 0.25) is 0 Å². The number of rotatable bonds is 3. The molecule has 1 heterocycles. The largest absolute Gasteiger partial charge is 0.399 e. The van der Waals surface area contributed by atoms with Gasteiger partial charge in [0.15, 0.2) is 5.16 Å². The van der Waals surface area contributed by atoms with E-state index < -0.39 is 0 Å². The SMILES string of the molecule is CC(Sc1nncn1C)c1ccc(N)cc1. The number of benzene rings is 1. The number of hydrogen-bond donors (Lipinski definition) is 1. The van der Waals surface area contributed by atoms with Crippen molar-refractivity contribution >= 4 is 17.4 Å². The fourth-order valence-corrected chi connectivity index (χ4v) is 2.29. The van der Waals surface area contributed by atoms with Crippen LogP contribution in [-0.2, 0) is 7.05 Å². The van der Waals surface area contributed by atoms with Crippen molar-refractivity contribution in [1.82, 2.24) is 14.8 Å². The normalized spacial score (nSPS) is 12.6. The minimum Gasteiger partial charge on any atom is -0.399 e. The summed E-state index contributed by atoms with van der Waals surface area (Å²) in [5, 5.41) is 9.16. The second-order valence-corrected chi connectivity index (χ2v) is 4.96. The maximum Gasteiger partial charge on any atom is 0.191 e. The zero-order valence-electron chi connectivity index (χ0n) is 9.29. The van der Waals surface area contributed by atoms with Gasteiger partial charge in [0.05, 0.1) is 0 Å². The highest BCUT2D eigenvalue weighted by Gasteiger charge is 2.10. The van der Waals surface area contributed by atoms with Crippen molar-refractivity contribution in [3.63, 3.8) is 0 Å². The summed E-state index contributed by atoms with van der Waals surface area (Å²) < 4.78 is 1.92. The van der Waals surface area contributed by atoms with Crippen LogP contribution in [0.5, 0.6) is 0 Å². The minimum atomic E-state index is 0.337. The van der Waals surface area contributed by atoms with E-state index in [4.69, 9.17) is 5.73 Å². The van der Waals surface area contributed by atoms with Gasteiger partial charge in [0.1, 0.15) is 6.33 Å². The summed E-state index contributed by atoms with van der Waals surface area (Å²) >= 11 is 1.68. The van der Waals surface area contributed by atoms with E-state index in [-0.39, 0.29) is 0 Å². The molecule has 4 nitrogen and oxygen atoms in total. The molecule has 0 aliphatic carbocycles. The van der Waals surface area contributed by atoms with Gasteiger partial charge < -0.3 is 10.3 Å². The Morgan fingerprint density at radius 2 is 2.00 bits per heavy atom. The van der Waals surface area contributed by atoms with Gasteiger partial charge in [-0.25, -0.2) is 0 Å². The molecule has 1 aromatic heterocycles. The lowest BCUT2D eigenvalue weighted by Crippen LogP contribution is -1.94. The zero-order valence-corrected chi connectivity index (χ0v) is 10.1. The molecule has 0 saturated heterocycles. The van der Waals surface area contributed by atoms with E-state index in [0.717, 1.165) is 10.8 Å². The van der Waals surface area contributed by atoms with Gasteiger partial charge in [-0.3, -0.25) is 0 Å². The van der Waals surface area contributed by atoms with Gasteiger partial charge in [-0.2, -0.15) is 0 Å². The van der Waals surface area contributed by atoms with Crippen LogP contribution in [0.2, 0.25) is 0 Å². The van der Waals surface area contributed by atoms with Crippen molar-refractivity contribution < 1.29 is 0 Å². The van der Waals surface area contributed by atoms with Crippen LogP contribution in [0.4, 0.5) is 5.69 Å². The molecule has 0 radical (unpaired) electrons. The van der Waals surface area contributed by atoms with Crippen LogP contribution >= 0.6 is 11.8 Å². The average molecular weight is 234 g/mol. The number of nitrogens with zero attached hydrogens (tertiary/aromatic N) is 3. The minimum absolute atomic E-state index is 0.337. The maximum atomic E-state index is 5.65. The van der Waals surface area contributed by atoms with Crippen LogP contribution in [0.3, 0.4) is 0 Å². The molecular weight excluding hydrogens is 220 g/mol. The highest BCUT2D eigenvalue weighted by atomic mass is 32.2. The molecule has 0 spiro atoms. The van der Waals surface area contributed by atoms with E-state index in [1.807, 2.05) is 35.9 Å². The Balaban J connectivity index is 2.11. The van der Waals surface area contributed by atoms with Gasteiger partial charge in [0, 0.05) is 18.0 Å². The first-order chi connectivity index (χ1) is 7.66. The molecule has 0 amide bonds. The van der Waals surface area contributed by atoms with Crippen molar-refractivity contribution in [2.24, 2.45) is 7.05 Å². The Bertz CT molecular complexity index is 463. The molecule has 0 bridgehead atoms. The Morgan fingerprint density at radius 3 is 2.56 bits per heavy atom. The Kier molecular flexibility index (Phi) is 3.14. The Morgan fingerprint density at radius 1 is 1.31 bits per heavy atom. The zero-order chi connectivity index (χ0) is 11.5. The predicted octanol–water partition coefficient (Wildman–Crippen LogP) is 2.25. The molecular formula is C11H14N4S. The van der Waals surface area contributed by atoms with Crippen molar-refractivity contribution in [2.75, 3.05) is 5.73 Å². The summed E-state index contributed by atoms with van der Waals surface area (Å²) in [6.07, 6.45) is 1.71. The average Bonchev–Trinajstić information content (AvgIpc) is 2.65. The van der Waals surface area contributed by atoms with E-state index in [1.165, 1.54) is 5.56 Å². The molecule has 0 aliphatic heterocycles. The second kappa shape index (κ2) is 4.57. The van der Waals surface area contributed by atoms with Crippen molar-refractivity contribution in [2.45, 2.75) is 17.3 Å². The fourth-order valence-electron chi connectivity index (χ4n) is 1.37. The summed E-state index contributed by atoms with van der Waals surface area (Å²) in [7, 11) is 1.94. The fraction of sp³-hybridized carbons (Fsp3) is 0.273. The predicted molar refractivity (Wildman–Crippen MR) is 66.1 cm³/mol. The summed E-state index contributed by atoms with van der Waals surface area (Å²) in [6, 6.07) is 7.93. The van der Waals surface area contributed by atoms with E-state index in [1.54, 1.807) is 18.1 Å². The molecule has 1 unspecified atom stereocenters. The third-order valence-electron chi connectivity index (χ3n) is 2.36. The summed E-state index contributed by atoms with van der Waals surface area (Å²) in [5.41, 5.74) is 7.68. The summed E-state index contributed by atoms with van der Waals surface area (Å²) in [4.78, 5) is 0. The van der Waals surface area contributed by atoms with Crippen molar-refractivity contribution in [3.8, 4) is 0 Å². The quantitative estimate of drug-likeness (QED) is 0.653. The van der Waals surface area contributed by atoms with Crippen LogP contribution in [0, 0.1) is 0 Å². The lowest BCUT2D eigenvalue weighted by atomic mass is 10.1. The lowest BCUT2D eigenvalue weighted by Gasteiger charge is -2.10. The van der Waals surface area contributed by atoms with Gasteiger partial charge in [0.25, 0.3) is 0 Å². The van der Waals surface area contributed by atoms with Crippen LogP contribution in [0.1, 0.15) is 17.7 Å². The second-order valence-electron chi connectivity index (χ2n) is 3.65. The smallest absolute Gasteiger partial charge is 0.191 e. The van der Waals surface area contributed by atoms with Crippen LogP contribution in [-0.4, -0.2) is 14.8 Å². The third-order valence-corrected chi connectivity index (χ3v) is 3.56. The Hall–Kier alpha value is -1.49. The number of anilines is 1. The molecule has 0 saturated carbocycles. The van der Waals surface area contributed by atoms with Crippen molar-refractivity contribution in [3.05, 3.63) is 36.2 Å². The maximum absolute atomic E-state index is 5.65. The molecule has 5 heteroatoms. The number of hydrogen-bond acceptors (Lipinski definition) is 4. The third kappa shape index (κ3) is 2.36. The number of aromatic nitrogens is 3. The lowest BCUT2D eigenvalue weighted by molar-refractivity contribution is 0.785. The van der Waals surface area contributed by atoms with Gasteiger partial charge >= 0.3 is 0 Å². The molecule has 16 heavy (non-hydrogen) atoms. The molecule has 84 valence electrons. The number of nitrogen functional groups attached to an aromatic ring is 1. The topological polar surface area (TPSA) is 56.7 Å². The number of thioether (sulfide) groups is 1.